The van der Waals surface area contributed by atoms with Gasteiger partial charge in [-0.3, -0.25) is 4.98 Å². The smallest absolute Gasteiger partial charge is 0.0541 e. The maximum atomic E-state index is 4.34. The molecule has 0 saturated carbocycles. The lowest BCUT2D eigenvalue weighted by atomic mass is 9.94. The molecule has 39 heavy (non-hydrogen) atoms. The van der Waals surface area contributed by atoms with Gasteiger partial charge < -0.3 is 4.57 Å². The van der Waals surface area contributed by atoms with Crippen molar-refractivity contribution in [2.45, 2.75) is 10.6 Å². The highest BCUT2D eigenvalue weighted by Crippen LogP contribution is 2.46. The second-order valence-electron chi connectivity index (χ2n) is 10.0. The van der Waals surface area contributed by atoms with Gasteiger partial charge in [0.1, 0.15) is 0 Å². The van der Waals surface area contributed by atoms with Crippen molar-refractivity contribution >= 4 is 33.6 Å². The fourth-order valence-corrected chi connectivity index (χ4v) is 7.18. The van der Waals surface area contributed by atoms with Gasteiger partial charge in [0.2, 0.25) is 0 Å². The number of para-hydroxylation sites is 2. The van der Waals surface area contributed by atoms with Crippen LogP contribution in [0.3, 0.4) is 0 Å². The molecule has 0 saturated heterocycles. The lowest BCUT2D eigenvalue weighted by Gasteiger charge is -2.22. The molecular weight excluding hydrogens is 492 g/mol. The zero-order valence-electron chi connectivity index (χ0n) is 21.2. The summed E-state index contributed by atoms with van der Waals surface area (Å²) >= 11 is 1.91. The molecule has 0 fully saturated rings. The first-order valence-corrected chi connectivity index (χ1v) is 14.2. The molecule has 7 aromatic rings. The molecule has 0 aliphatic carbocycles. The summed E-state index contributed by atoms with van der Waals surface area (Å²) in [5.74, 6) is 0.952. The molecule has 2 aromatic heterocycles. The van der Waals surface area contributed by atoms with E-state index >= 15 is 0 Å². The van der Waals surface area contributed by atoms with Crippen molar-refractivity contribution in [2.75, 3.05) is 0 Å². The Morgan fingerprint density at radius 3 is 2.05 bits per heavy atom. The number of nitrogens with zero attached hydrogens (tertiary/aromatic N) is 2. The standard InChI is InChI=1S/C36H24N2S/c1-3-16-34-31(12-1)32-13-2-4-17-35(32)38(34)28-11-6-9-25(21-28)24-8-5-10-26(20-24)30-14-7-15-33-29-18-19-37-22-27(29)23-39-36(30)33/h1-22H,23H2. The molecule has 0 N–H and O–H groups in total. The Morgan fingerprint density at radius 2 is 1.23 bits per heavy atom. The van der Waals surface area contributed by atoms with Gasteiger partial charge in [-0.2, -0.15) is 0 Å². The Balaban J connectivity index is 1.25. The SMILES string of the molecule is c1cc(-c2cccc(-n3c4ccccc4c4ccccc43)c2)cc(-c2cccc3c2SCc2cnccc2-3)c1. The van der Waals surface area contributed by atoms with E-state index < -0.39 is 0 Å². The number of hydrogen-bond acceptors (Lipinski definition) is 2. The molecule has 0 radical (unpaired) electrons. The minimum Gasteiger partial charge on any atom is -0.309 e. The average molecular weight is 517 g/mol. The molecule has 0 spiro atoms. The number of fused-ring (bicyclic) bond motifs is 6. The third kappa shape index (κ3) is 3.62. The fraction of sp³-hybridized carbons (Fsp3) is 0.0278. The van der Waals surface area contributed by atoms with Crippen molar-refractivity contribution in [3.05, 3.63) is 139 Å². The van der Waals surface area contributed by atoms with E-state index in [1.165, 1.54) is 71.3 Å². The number of aromatic nitrogens is 2. The lowest BCUT2D eigenvalue weighted by molar-refractivity contribution is 1.18. The third-order valence-corrected chi connectivity index (χ3v) is 8.96. The van der Waals surface area contributed by atoms with Crippen molar-refractivity contribution in [1.29, 1.82) is 0 Å². The topological polar surface area (TPSA) is 17.8 Å². The van der Waals surface area contributed by atoms with E-state index in [0.29, 0.717) is 0 Å². The van der Waals surface area contributed by atoms with Gasteiger partial charge in [-0.15, -0.1) is 11.8 Å². The summed E-state index contributed by atoms with van der Waals surface area (Å²) < 4.78 is 2.38. The summed E-state index contributed by atoms with van der Waals surface area (Å²) in [5.41, 5.74) is 12.5. The predicted octanol–water partition coefficient (Wildman–Crippen LogP) is 9.79. The van der Waals surface area contributed by atoms with Crippen molar-refractivity contribution in [3.63, 3.8) is 0 Å². The van der Waals surface area contributed by atoms with Gasteiger partial charge in [0.15, 0.2) is 0 Å². The molecule has 8 rings (SSSR count). The molecular formula is C36H24N2S. The van der Waals surface area contributed by atoms with Crippen molar-refractivity contribution in [1.82, 2.24) is 9.55 Å². The second kappa shape index (κ2) is 9.00. The van der Waals surface area contributed by atoms with Gasteiger partial charge in [0, 0.05) is 39.5 Å². The maximum absolute atomic E-state index is 4.34. The number of benzene rings is 5. The van der Waals surface area contributed by atoms with Crippen LogP contribution >= 0.6 is 11.8 Å². The van der Waals surface area contributed by atoms with E-state index in [2.05, 4.69) is 131 Å². The van der Waals surface area contributed by atoms with E-state index in [4.69, 9.17) is 0 Å². The van der Waals surface area contributed by atoms with E-state index in [-0.39, 0.29) is 0 Å². The zero-order valence-corrected chi connectivity index (χ0v) is 22.0. The van der Waals surface area contributed by atoms with Crippen LogP contribution in [0.5, 0.6) is 0 Å². The second-order valence-corrected chi connectivity index (χ2v) is 11.0. The van der Waals surface area contributed by atoms with Gasteiger partial charge in [-0.25, -0.2) is 0 Å². The molecule has 0 atom stereocenters. The summed E-state index contributed by atoms with van der Waals surface area (Å²) in [7, 11) is 0. The van der Waals surface area contributed by atoms with Gasteiger partial charge in [0.25, 0.3) is 0 Å². The Kier molecular flexibility index (Phi) is 5.17. The van der Waals surface area contributed by atoms with Crippen LogP contribution in [-0.2, 0) is 5.75 Å². The van der Waals surface area contributed by atoms with Crippen LogP contribution < -0.4 is 0 Å². The third-order valence-electron chi connectivity index (χ3n) is 7.77. The van der Waals surface area contributed by atoms with Crippen LogP contribution in [0.4, 0.5) is 0 Å². The highest BCUT2D eigenvalue weighted by molar-refractivity contribution is 7.98. The van der Waals surface area contributed by atoms with E-state index in [1.54, 1.807) is 0 Å². The van der Waals surface area contributed by atoms with E-state index in [1.807, 2.05) is 24.2 Å². The molecule has 5 aromatic carbocycles. The first-order valence-electron chi connectivity index (χ1n) is 13.2. The van der Waals surface area contributed by atoms with Gasteiger partial charge >= 0.3 is 0 Å². The Hall–Kier alpha value is -4.60. The number of hydrogen-bond donors (Lipinski definition) is 0. The van der Waals surface area contributed by atoms with Crippen molar-refractivity contribution in [3.8, 4) is 39.1 Å². The zero-order chi connectivity index (χ0) is 25.8. The van der Waals surface area contributed by atoms with Crippen molar-refractivity contribution in [2.24, 2.45) is 0 Å². The summed E-state index contributed by atoms with van der Waals surface area (Å²) in [5, 5.41) is 2.56. The van der Waals surface area contributed by atoms with Gasteiger partial charge in [0.05, 0.1) is 11.0 Å². The van der Waals surface area contributed by atoms with Crippen LogP contribution in [0, 0.1) is 0 Å². The number of thioether (sulfide) groups is 1. The molecule has 0 bridgehead atoms. The Bertz CT molecular complexity index is 1980. The lowest BCUT2D eigenvalue weighted by Crippen LogP contribution is -1.98. The Labute approximate surface area is 231 Å². The van der Waals surface area contributed by atoms with Crippen LogP contribution in [0.1, 0.15) is 5.56 Å². The van der Waals surface area contributed by atoms with E-state index in [0.717, 1.165) is 5.75 Å². The summed E-state index contributed by atoms with van der Waals surface area (Å²) in [6.45, 7) is 0. The number of rotatable bonds is 3. The molecule has 1 aliphatic heterocycles. The highest BCUT2D eigenvalue weighted by atomic mass is 32.2. The van der Waals surface area contributed by atoms with Crippen LogP contribution in [-0.4, -0.2) is 9.55 Å². The van der Waals surface area contributed by atoms with Gasteiger partial charge in [-0.05, 0) is 75.3 Å². The average Bonchev–Trinajstić information content (AvgIpc) is 3.35. The molecule has 3 heterocycles. The molecule has 0 amide bonds. The predicted molar refractivity (Wildman–Crippen MR) is 164 cm³/mol. The largest absolute Gasteiger partial charge is 0.309 e. The maximum Gasteiger partial charge on any atom is 0.0541 e. The summed E-state index contributed by atoms with van der Waals surface area (Å²) in [6.07, 6.45) is 3.90. The highest BCUT2D eigenvalue weighted by Gasteiger charge is 2.20. The van der Waals surface area contributed by atoms with Crippen molar-refractivity contribution < 1.29 is 0 Å². The molecule has 0 unspecified atom stereocenters. The molecule has 1 aliphatic rings. The first-order chi connectivity index (χ1) is 19.3. The van der Waals surface area contributed by atoms with Crippen LogP contribution in [0.25, 0.3) is 60.9 Å². The number of pyridine rings is 1. The fourth-order valence-electron chi connectivity index (χ4n) is 5.98. The monoisotopic (exact) mass is 516 g/mol. The molecule has 3 heteroatoms. The summed E-state index contributed by atoms with van der Waals surface area (Å²) in [4.78, 5) is 5.69. The van der Waals surface area contributed by atoms with Gasteiger partial charge in [-0.1, -0.05) is 84.9 Å². The first kappa shape index (κ1) is 22.4. The van der Waals surface area contributed by atoms with Crippen LogP contribution in [0.15, 0.2) is 139 Å². The minimum absolute atomic E-state index is 0.952. The molecule has 2 nitrogen and oxygen atoms in total. The Morgan fingerprint density at radius 1 is 0.564 bits per heavy atom. The minimum atomic E-state index is 0.952. The quantitative estimate of drug-likeness (QED) is 0.233. The van der Waals surface area contributed by atoms with Crippen LogP contribution in [0.2, 0.25) is 0 Å². The normalized spacial score (nSPS) is 12.4. The molecule has 184 valence electrons. The van der Waals surface area contributed by atoms with E-state index in [9.17, 15) is 0 Å². The summed E-state index contributed by atoms with van der Waals surface area (Å²) in [6, 6.07) is 44.1.